The van der Waals surface area contributed by atoms with Crippen molar-refractivity contribution < 1.29 is 14.3 Å². The summed E-state index contributed by atoms with van der Waals surface area (Å²) in [6.07, 6.45) is 1.36. The van der Waals surface area contributed by atoms with E-state index in [0.717, 1.165) is 40.1 Å². The first-order chi connectivity index (χ1) is 15.5. The molecule has 0 unspecified atom stereocenters. The summed E-state index contributed by atoms with van der Waals surface area (Å²) >= 11 is 0. The summed E-state index contributed by atoms with van der Waals surface area (Å²) < 4.78 is 7.63. The predicted molar refractivity (Wildman–Crippen MR) is 127 cm³/mol. The van der Waals surface area contributed by atoms with Crippen LogP contribution in [0.25, 0.3) is 11.0 Å². The van der Waals surface area contributed by atoms with Crippen molar-refractivity contribution in [2.24, 2.45) is 0 Å². The number of carbonyl (C=O) groups is 2. The van der Waals surface area contributed by atoms with Crippen molar-refractivity contribution >= 4 is 28.5 Å². The van der Waals surface area contributed by atoms with Crippen LogP contribution >= 0.6 is 0 Å². The Morgan fingerprint density at radius 3 is 2.62 bits per heavy atom. The highest BCUT2D eigenvalue weighted by atomic mass is 16.5. The molecule has 32 heavy (non-hydrogen) atoms. The minimum atomic E-state index is -0.0849. The Morgan fingerprint density at radius 1 is 1.12 bits per heavy atom. The molecule has 2 amide bonds. The van der Waals surface area contributed by atoms with Crippen LogP contribution in [0.15, 0.2) is 42.5 Å². The fourth-order valence-electron chi connectivity index (χ4n) is 3.90. The lowest BCUT2D eigenvalue weighted by atomic mass is 10.0. The number of ether oxygens (including phenoxy) is 1. The summed E-state index contributed by atoms with van der Waals surface area (Å²) in [5.74, 6) is 0.620. The molecule has 1 aromatic heterocycles. The molecule has 1 N–H and O–H groups in total. The quantitative estimate of drug-likeness (QED) is 0.493. The van der Waals surface area contributed by atoms with Crippen LogP contribution in [0, 0.1) is 6.92 Å². The molecule has 7 heteroatoms. The van der Waals surface area contributed by atoms with Gasteiger partial charge in [-0.25, -0.2) is 4.98 Å². The van der Waals surface area contributed by atoms with E-state index in [2.05, 4.69) is 18.3 Å². The fourth-order valence-corrected chi connectivity index (χ4v) is 3.90. The van der Waals surface area contributed by atoms with E-state index in [0.29, 0.717) is 19.6 Å². The number of nitrogens with zero attached hydrogens (tertiary/aromatic N) is 3. The lowest BCUT2D eigenvalue weighted by molar-refractivity contribution is -0.120. The largest absolute Gasteiger partial charge is 0.361 e. The van der Waals surface area contributed by atoms with E-state index in [-0.39, 0.29) is 25.1 Å². The second-order valence-electron chi connectivity index (χ2n) is 7.72. The van der Waals surface area contributed by atoms with Gasteiger partial charge in [-0.2, -0.15) is 0 Å². The Labute approximate surface area is 189 Å². The molecule has 0 aliphatic heterocycles. The summed E-state index contributed by atoms with van der Waals surface area (Å²) in [5.41, 5.74) is 4.80. The van der Waals surface area contributed by atoms with Crippen LogP contribution in [0.4, 0.5) is 5.69 Å². The standard InChI is InChI=1S/C25H32N4O3/c1-5-20-11-9-10-18(3)25(20)29(17-32-6-2)24(31)16-28-22-13-8-7-12-21(22)27-23(28)14-15-26-19(4)30/h7-13H,5-6,14-17H2,1-4H3,(H,26,30). The molecular weight excluding hydrogens is 404 g/mol. The summed E-state index contributed by atoms with van der Waals surface area (Å²) in [4.78, 5) is 31.4. The predicted octanol–water partition coefficient (Wildman–Crippen LogP) is 3.61. The van der Waals surface area contributed by atoms with Gasteiger partial charge in [-0.05, 0) is 43.5 Å². The van der Waals surface area contributed by atoms with Crippen LogP contribution in [0.1, 0.15) is 37.7 Å². The lowest BCUT2D eigenvalue weighted by Gasteiger charge is -2.27. The molecule has 0 aliphatic carbocycles. The van der Waals surface area contributed by atoms with E-state index in [1.807, 2.05) is 54.8 Å². The second-order valence-corrected chi connectivity index (χ2v) is 7.72. The normalized spacial score (nSPS) is 11.0. The highest BCUT2D eigenvalue weighted by Gasteiger charge is 2.23. The summed E-state index contributed by atoms with van der Waals surface area (Å²) in [6, 6.07) is 13.9. The van der Waals surface area contributed by atoms with Gasteiger partial charge in [0.1, 0.15) is 19.1 Å². The van der Waals surface area contributed by atoms with Gasteiger partial charge in [0.05, 0.1) is 16.7 Å². The third-order valence-electron chi connectivity index (χ3n) is 5.45. The monoisotopic (exact) mass is 436 g/mol. The number of nitrogens with one attached hydrogen (secondary N) is 1. The van der Waals surface area contributed by atoms with E-state index < -0.39 is 0 Å². The Kier molecular flexibility index (Phi) is 8.00. The number of imidazole rings is 1. The maximum absolute atomic E-state index is 13.6. The van der Waals surface area contributed by atoms with E-state index in [9.17, 15) is 9.59 Å². The zero-order valence-electron chi connectivity index (χ0n) is 19.4. The van der Waals surface area contributed by atoms with Gasteiger partial charge < -0.3 is 14.6 Å². The summed E-state index contributed by atoms with van der Waals surface area (Å²) in [6.45, 7) is 8.84. The molecule has 0 saturated heterocycles. The Morgan fingerprint density at radius 2 is 1.91 bits per heavy atom. The molecule has 2 aromatic carbocycles. The number of hydrogen-bond acceptors (Lipinski definition) is 4. The Balaban J connectivity index is 1.96. The van der Waals surface area contributed by atoms with E-state index in [1.54, 1.807) is 4.90 Å². The van der Waals surface area contributed by atoms with Crippen LogP contribution in [-0.4, -0.2) is 41.2 Å². The maximum Gasteiger partial charge on any atom is 0.248 e. The van der Waals surface area contributed by atoms with Gasteiger partial charge in [0.2, 0.25) is 11.8 Å². The smallest absolute Gasteiger partial charge is 0.248 e. The molecule has 170 valence electrons. The highest BCUT2D eigenvalue weighted by Crippen LogP contribution is 2.27. The Bertz CT molecular complexity index is 1090. The zero-order valence-corrected chi connectivity index (χ0v) is 19.4. The van der Waals surface area contributed by atoms with Gasteiger partial charge in [0.15, 0.2) is 0 Å². The Hall–Kier alpha value is -3.19. The van der Waals surface area contributed by atoms with E-state index in [1.165, 1.54) is 6.92 Å². The SMILES string of the molecule is CCOCN(C(=O)Cn1c(CCNC(C)=O)nc2ccccc21)c1c(C)cccc1CC. The number of amides is 2. The first-order valence-electron chi connectivity index (χ1n) is 11.1. The summed E-state index contributed by atoms with van der Waals surface area (Å²) in [7, 11) is 0. The summed E-state index contributed by atoms with van der Waals surface area (Å²) in [5, 5.41) is 2.81. The topological polar surface area (TPSA) is 76.5 Å². The molecule has 3 rings (SSSR count). The molecule has 0 fully saturated rings. The minimum Gasteiger partial charge on any atom is -0.361 e. The molecule has 0 aliphatic rings. The molecule has 0 radical (unpaired) electrons. The number of carbonyl (C=O) groups excluding carboxylic acids is 2. The average molecular weight is 437 g/mol. The molecule has 0 bridgehead atoms. The maximum atomic E-state index is 13.6. The van der Waals surface area contributed by atoms with Crippen LogP contribution in [0.5, 0.6) is 0 Å². The van der Waals surface area contributed by atoms with Gasteiger partial charge in [-0.3, -0.25) is 14.5 Å². The van der Waals surface area contributed by atoms with Gasteiger partial charge in [-0.1, -0.05) is 37.3 Å². The van der Waals surface area contributed by atoms with E-state index in [4.69, 9.17) is 9.72 Å². The average Bonchev–Trinajstić information content (AvgIpc) is 3.11. The van der Waals surface area contributed by atoms with Crippen LogP contribution < -0.4 is 10.2 Å². The zero-order chi connectivity index (χ0) is 23.1. The van der Waals surface area contributed by atoms with Crippen molar-refractivity contribution in [3.8, 4) is 0 Å². The van der Waals surface area contributed by atoms with Crippen molar-refractivity contribution in [1.82, 2.24) is 14.9 Å². The van der Waals surface area contributed by atoms with Crippen molar-refractivity contribution in [1.29, 1.82) is 0 Å². The van der Waals surface area contributed by atoms with Crippen LogP contribution in [0.3, 0.4) is 0 Å². The third kappa shape index (κ3) is 5.34. The van der Waals surface area contributed by atoms with Crippen molar-refractivity contribution in [2.75, 3.05) is 24.8 Å². The van der Waals surface area contributed by atoms with E-state index >= 15 is 0 Å². The number of fused-ring (bicyclic) bond motifs is 1. The van der Waals surface area contributed by atoms with Gasteiger partial charge in [-0.15, -0.1) is 0 Å². The molecule has 0 saturated carbocycles. The number of hydrogen-bond donors (Lipinski definition) is 1. The van der Waals surface area contributed by atoms with Crippen LogP contribution in [-0.2, 0) is 33.7 Å². The molecular formula is C25H32N4O3. The number of benzene rings is 2. The fraction of sp³-hybridized carbons (Fsp3) is 0.400. The molecule has 7 nitrogen and oxygen atoms in total. The molecule has 1 heterocycles. The van der Waals surface area contributed by atoms with Gasteiger partial charge >= 0.3 is 0 Å². The first kappa shape index (κ1) is 23.5. The van der Waals surface area contributed by atoms with Crippen LogP contribution in [0.2, 0.25) is 0 Å². The second kappa shape index (κ2) is 10.9. The van der Waals surface area contributed by atoms with Gasteiger partial charge in [0, 0.05) is 26.5 Å². The van der Waals surface area contributed by atoms with Crippen molar-refractivity contribution in [2.45, 2.75) is 47.1 Å². The third-order valence-corrected chi connectivity index (χ3v) is 5.45. The molecule has 3 aromatic rings. The minimum absolute atomic E-state index is 0.0635. The number of rotatable bonds is 10. The van der Waals surface area contributed by atoms with Crippen molar-refractivity contribution in [3.63, 3.8) is 0 Å². The van der Waals surface area contributed by atoms with Crippen molar-refractivity contribution in [3.05, 3.63) is 59.4 Å². The number of anilines is 1. The van der Waals surface area contributed by atoms with Gasteiger partial charge in [0.25, 0.3) is 0 Å². The number of aryl methyl sites for hydroxylation is 2. The first-order valence-corrected chi connectivity index (χ1v) is 11.1. The molecule has 0 atom stereocenters. The number of aromatic nitrogens is 2. The molecule has 0 spiro atoms. The highest BCUT2D eigenvalue weighted by molar-refractivity contribution is 5.95. The lowest BCUT2D eigenvalue weighted by Crippen LogP contribution is -2.37. The number of para-hydroxylation sites is 3.